The minimum absolute atomic E-state index is 0.416. The van der Waals surface area contributed by atoms with Crippen molar-refractivity contribution in [2.45, 2.75) is 6.42 Å². The number of anilines is 1. The van der Waals surface area contributed by atoms with E-state index in [9.17, 15) is 4.79 Å². The fourth-order valence-corrected chi connectivity index (χ4v) is 1.34. The molecule has 0 heterocycles. The summed E-state index contributed by atoms with van der Waals surface area (Å²) in [6, 6.07) is 5.33. The summed E-state index contributed by atoms with van der Waals surface area (Å²) in [7, 11) is 1.81. The molecule has 5 N–H and O–H groups in total. The second-order valence-electron chi connectivity index (χ2n) is 3.02. The molecular weight excluding hydrogens is 178 g/mol. The zero-order valence-corrected chi connectivity index (χ0v) is 8.21. The Labute approximate surface area is 83.3 Å². The summed E-state index contributed by atoms with van der Waals surface area (Å²) in [6.45, 7) is 0.588. The maximum absolute atomic E-state index is 10.9. The third-order valence-electron chi connectivity index (χ3n) is 2.08. The number of hydrogen-bond donors (Lipinski definition) is 3. The first-order chi connectivity index (χ1) is 6.69. The van der Waals surface area contributed by atoms with Crippen LogP contribution in [0.15, 0.2) is 18.2 Å². The fourth-order valence-electron chi connectivity index (χ4n) is 1.34. The van der Waals surface area contributed by atoms with Crippen LogP contribution in [0.25, 0.3) is 0 Å². The highest BCUT2D eigenvalue weighted by Gasteiger charge is 2.05. The third-order valence-corrected chi connectivity index (χ3v) is 2.08. The Kier molecular flexibility index (Phi) is 3.48. The zero-order chi connectivity index (χ0) is 10.6. The van der Waals surface area contributed by atoms with Crippen molar-refractivity contribution in [2.24, 2.45) is 11.5 Å². The Morgan fingerprint density at radius 2 is 2.21 bits per heavy atom. The van der Waals surface area contributed by atoms with E-state index in [0.717, 1.165) is 17.7 Å². The van der Waals surface area contributed by atoms with E-state index in [1.165, 1.54) is 0 Å². The second kappa shape index (κ2) is 4.62. The van der Waals surface area contributed by atoms with E-state index < -0.39 is 5.91 Å². The lowest BCUT2D eigenvalue weighted by atomic mass is 10.1. The molecule has 0 saturated heterocycles. The molecular formula is C10H15N3O. The summed E-state index contributed by atoms with van der Waals surface area (Å²) < 4.78 is 0. The first-order valence-electron chi connectivity index (χ1n) is 4.49. The molecule has 0 unspecified atom stereocenters. The van der Waals surface area contributed by atoms with Crippen LogP contribution in [0.2, 0.25) is 0 Å². The fraction of sp³-hybridized carbons (Fsp3) is 0.300. The van der Waals surface area contributed by atoms with E-state index in [0.29, 0.717) is 12.1 Å². The number of amides is 1. The van der Waals surface area contributed by atoms with Crippen molar-refractivity contribution in [1.29, 1.82) is 0 Å². The molecule has 4 nitrogen and oxygen atoms in total. The van der Waals surface area contributed by atoms with Gasteiger partial charge in [0.2, 0.25) is 5.91 Å². The highest BCUT2D eigenvalue weighted by atomic mass is 16.1. The van der Waals surface area contributed by atoms with Gasteiger partial charge in [0.05, 0.1) is 0 Å². The topological polar surface area (TPSA) is 81.1 Å². The standard InChI is InChI=1S/C10H15N3O/c1-13-9-6-8(10(12)14)3-2-7(9)4-5-11/h2-3,6,13H,4-5,11H2,1H3,(H2,12,14). The van der Waals surface area contributed by atoms with Crippen molar-refractivity contribution >= 4 is 11.6 Å². The van der Waals surface area contributed by atoms with Crippen molar-refractivity contribution in [3.05, 3.63) is 29.3 Å². The van der Waals surface area contributed by atoms with E-state index in [-0.39, 0.29) is 0 Å². The van der Waals surface area contributed by atoms with Gasteiger partial charge in [-0.25, -0.2) is 0 Å². The number of nitrogens with one attached hydrogen (secondary N) is 1. The van der Waals surface area contributed by atoms with Gasteiger partial charge in [-0.1, -0.05) is 6.07 Å². The highest BCUT2D eigenvalue weighted by Crippen LogP contribution is 2.17. The molecule has 4 heteroatoms. The maximum atomic E-state index is 10.9. The van der Waals surface area contributed by atoms with Crippen LogP contribution >= 0.6 is 0 Å². The van der Waals surface area contributed by atoms with Gasteiger partial charge in [0, 0.05) is 18.3 Å². The molecule has 0 aliphatic rings. The van der Waals surface area contributed by atoms with Gasteiger partial charge in [-0.05, 0) is 30.7 Å². The Morgan fingerprint density at radius 3 is 2.71 bits per heavy atom. The lowest BCUT2D eigenvalue weighted by molar-refractivity contribution is 0.100. The number of carbonyl (C=O) groups is 1. The molecule has 0 aliphatic carbocycles. The van der Waals surface area contributed by atoms with Gasteiger partial charge in [-0.3, -0.25) is 4.79 Å². The van der Waals surface area contributed by atoms with Gasteiger partial charge in [0.15, 0.2) is 0 Å². The van der Waals surface area contributed by atoms with Crippen molar-refractivity contribution < 1.29 is 4.79 Å². The largest absolute Gasteiger partial charge is 0.388 e. The van der Waals surface area contributed by atoms with Crippen LogP contribution in [0.3, 0.4) is 0 Å². The van der Waals surface area contributed by atoms with Crippen LogP contribution in [0, 0.1) is 0 Å². The lowest BCUT2D eigenvalue weighted by Gasteiger charge is -2.09. The first kappa shape index (κ1) is 10.5. The summed E-state index contributed by atoms with van der Waals surface area (Å²) in [5.74, 6) is -0.416. The van der Waals surface area contributed by atoms with E-state index in [1.807, 2.05) is 6.07 Å². The predicted molar refractivity (Wildman–Crippen MR) is 57.3 cm³/mol. The molecule has 1 aromatic carbocycles. The molecule has 0 aliphatic heterocycles. The van der Waals surface area contributed by atoms with Crippen molar-refractivity contribution in [1.82, 2.24) is 0 Å². The molecule has 0 fully saturated rings. The Morgan fingerprint density at radius 1 is 1.50 bits per heavy atom. The average Bonchev–Trinajstić information content (AvgIpc) is 2.18. The number of carbonyl (C=O) groups excluding carboxylic acids is 1. The molecule has 0 saturated carbocycles. The SMILES string of the molecule is CNc1cc(C(N)=O)ccc1CCN. The summed E-state index contributed by atoms with van der Waals surface area (Å²) >= 11 is 0. The van der Waals surface area contributed by atoms with E-state index in [1.54, 1.807) is 19.2 Å². The normalized spacial score (nSPS) is 9.86. The van der Waals surface area contributed by atoms with E-state index in [4.69, 9.17) is 11.5 Å². The quantitative estimate of drug-likeness (QED) is 0.644. The van der Waals surface area contributed by atoms with Gasteiger partial charge >= 0.3 is 0 Å². The smallest absolute Gasteiger partial charge is 0.248 e. The monoisotopic (exact) mass is 193 g/mol. The van der Waals surface area contributed by atoms with Crippen LogP contribution in [0.5, 0.6) is 0 Å². The minimum atomic E-state index is -0.416. The summed E-state index contributed by atoms with van der Waals surface area (Å²) in [4.78, 5) is 10.9. The minimum Gasteiger partial charge on any atom is -0.388 e. The highest BCUT2D eigenvalue weighted by molar-refractivity contribution is 5.94. The number of rotatable bonds is 4. The molecule has 76 valence electrons. The lowest BCUT2D eigenvalue weighted by Crippen LogP contribution is -2.12. The maximum Gasteiger partial charge on any atom is 0.248 e. The Bertz CT molecular complexity index is 336. The molecule has 0 atom stereocenters. The average molecular weight is 193 g/mol. The van der Waals surface area contributed by atoms with E-state index >= 15 is 0 Å². The zero-order valence-electron chi connectivity index (χ0n) is 8.21. The molecule has 1 rings (SSSR count). The van der Waals surface area contributed by atoms with Crippen molar-refractivity contribution in [3.8, 4) is 0 Å². The molecule has 14 heavy (non-hydrogen) atoms. The molecule has 1 amide bonds. The Balaban J connectivity index is 3.04. The number of benzene rings is 1. The molecule has 1 aromatic rings. The molecule has 0 bridgehead atoms. The van der Waals surface area contributed by atoms with Crippen molar-refractivity contribution in [2.75, 3.05) is 18.9 Å². The van der Waals surface area contributed by atoms with Crippen LogP contribution in [-0.4, -0.2) is 19.5 Å². The van der Waals surface area contributed by atoms with Gasteiger partial charge < -0.3 is 16.8 Å². The summed E-state index contributed by atoms with van der Waals surface area (Å²) in [5, 5.41) is 3.01. The van der Waals surface area contributed by atoms with Gasteiger partial charge in [0.25, 0.3) is 0 Å². The second-order valence-corrected chi connectivity index (χ2v) is 3.02. The molecule has 0 radical (unpaired) electrons. The Hall–Kier alpha value is -1.55. The predicted octanol–water partition coefficient (Wildman–Crippen LogP) is 0.328. The molecule has 0 spiro atoms. The van der Waals surface area contributed by atoms with Gasteiger partial charge in [-0.2, -0.15) is 0 Å². The van der Waals surface area contributed by atoms with Crippen LogP contribution in [0.1, 0.15) is 15.9 Å². The van der Waals surface area contributed by atoms with E-state index in [2.05, 4.69) is 5.32 Å². The number of nitrogens with two attached hydrogens (primary N) is 2. The van der Waals surface area contributed by atoms with Gasteiger partial charge in [-0.15, -0.1) is 0 Å². The van der Waals surface area contributed by atoms with Crippen LogP contribution < -0.4 is 16.8 Å². The van der Waals surface area contributed by atoms with Crippen LogP contribution in [0.4, 0.5) is 5.69 Å². The van der Waals surface area contributed by atoms with Crippen molar-refractivity contribution in [3.63, 3.8) is 0 Å². The summed E-state index contributed by atoms with van der Waals surface area (Å²) in [6.07, 6.45) is 0.787. The third kappa shape index (κ3) is 2.23. The van der Waals surface area contributed by atoms with Gasteiger partial charge in [0.1, 0.15) is 0 Å². The first-order valence-corrected chi connectivity index (χ1v) is 4.49. The molecule has 0 aromatic heterocycles. The summed E-state index contributed by atoms with van der Waals surface area (Å²) in [5.41, 5.74) is 13.1. The number of hydrogen-bond acceptors (Lipinski definition) is 3. The van der Waals surface area contributed by atoms with Crippen LogP contribution in [-0.2, 0) is 6.42 Å². The number of primary amides is 1.